The molecule has 1 amide bonds. The highest BCUT2D eigenvalue weighted by Crippen LogP contribution is 2.32. The Bertz CT molecular complexity index is 719. The maximum Gasteiger partial charge on any atom is 0.227 e. The van der Waals surface area contributed by atoms with Crippen molar-refractivity contribution in [2.24, 2.45) is 11.7 Å². The average molecular weight is 358 g/mol. The number of benzene rings is 1. The van der Waals surface area contributed by atoms with Gasteiger partial charge in [-0.2, -0.15) is 4.98 Å². The molecule has 0 bridgehead atoms. The smallest absolute Gasteiger partial charge is 0.227 e. The van der Waals surface area contributed by atoms with E-state index in [2.05, 4.69) is 22.3 Å². The van der Waals surface area contributed by atoms with Crippen LogP contribution in [-0.2, 0) is 16.0 Å². The van der Waals surface area contributed by atoms with Crippen LogP contribution in [0, 0.1) is 5.92 Å². The summed E-state index contributed by atoms with van der Waals surface area (Å²) < 4.78 is 10.4. The van der Waals surface area contributed by atoms with E-state index >= 15 is 0 Å². The van der Waals surface area contributed by atoms with E-state index < -0.39 is 0 Å². The summed E-state index contributed by atoms with van der Waals surface area (Å²) in [5, 5.41) is 3.89. The highest BCUT2D eigenvalue weighted by atomic mass is 16.5. The van der Waals surface area contributed by atoms with E-state index in [1.54, 1.807) is 7.11 Å². The van der Waals surface area contributed by atoms with Crippen molar-refractivity contribution in [2.75, 3.05) is 26.7 Å². The Hall–Kier alpha value is -2.25. The number of nitrogens with zero attached hydrogens (tertiary/aromatic N) is 3. The van der Waals surface area contributed by atoms with Crippen LogP contribution in [0.15, 0.2) is 34.9 Å². The van der Waals surface area contributed by atoms with Crippen LogP contribution in [0.4, 0.5) is 0 Å². The number of carbonyl (C=O) groups is 1. The molecule has 2 heterocycles. The van der Waals surface area contributed by atoms with Crippen LogP contribution in [0.3, 0.4) is 0 Å². The number of aryl methyl sites for hydroxylation is 1. The molecule has 2 aromatic rings. The number of likely N-dealkylation sites (tertiary alicyclic amines) is 1. The number of amides is 1. The molecule has 0 aliphatic carbocycles. The summed E-state index contributed by atoms with van der Waals surface area (Å²) in [6, 6.07) is 10.3. The lowest BCUT2D eigenvalue weighted by Crippen LogP contribution is -2.30. The van der Waals surface area contributed by atoms with Crippen LogP contribution in [0.1, 0.15) is 42.6 Å². The summed E-state index contributed by atoms with van der Waals surface area (Å²) in [6.07, 6.45) is 0.558. The molecule has 2 N–H and O–H groups in total. The number of ether oxygens (including phenoxy) is 1. The van der Waals surface area contributed by atoms with Crippen molar-refractivity contribution in [2.45, 2.75) is 31.8 Å². The zero-order valence-electron chi connectivity index (χ0n) is 15.3. The summed E-state index contributed by atoms with van der Waals surface area (Å²) in [4.78, 5) is 18.8. The van der Waals surface area contributed by atoms with Gasteiger partial charge in [-0.3, -0.25) is 4.79 Å². The maximum atomic E-state index is 12.6. The van der Waals surface area contributed by atoms with Gasteiger partial charge in [0, 0.05) is 39.0 Å². The first-order chi connectivity index (χ1) is 12.6. The fourth-order valence-corrected chi connectivity index (χ4v) is 3.40. The van der Waals surface area contributed by atoms with Crippen molar-refractivity contribution >= 4 is 5.91 Å². The van der Waals surface area contributed by atoms with Crippen LogP contribution >= 0.6 is 0 Å². The molecular weight excluding hydrogens is 332 g/mol. The molecule has 1 aromatic carbocycles. The first-order valence-electron chi connectivity index (χ1n) is 9.00. The van der Waals surface area contributed by atoms with Gasteiger partial charge in [0.1, 0.15) is 6.10 Å². The van der Waals surface area contributed by atoms with Crippen LogP contribution in [0.2, 0.25) is 0 Å². The van der Waals surface area contributed by atoms with Gasteiger partial charge in [0.15, 0.2) is 5.82 Å². The Labute approximate surface area is 153 Å². The highest BCUT2D eigenvalue weighted by Gasteiger charge is 2.35. The highest BCUT2D eigenvalue weighted by molar-refractivity contribution is 5.76. The standard InChI is InChI=1S/C19H26N4O3/c1-13(25-2)19-21-17(26-22-19)8-9-18(24)23-11-15(10-20)16(12-23)14-6-4-3-5-7-14/h3-7,13,15-16H,8-12,20H2,1-2H3/t13?,15-,16+/m1/s1. The van der Waals surface area contributed by atoms with Gasteiger partial charge in [-0.1, -0.05) is 35.5 Å². The van der Waals surface area contributed by atoms with Crippen molar-refractivity contribution in [3.05, 3.63) is 47.6 Å². The van der Waals surface area contributed by atoms with E-state index in [-0.39, 0.29) is 12.0 Å². The Morgan fingerprint density at radius 3 is 2.85 bits per heavy atom. The topological polar surface area (TPSA) is 94.5 Å². The first kappa shape index (κ1) is 18.5. The van der Waals surface area contributed by atoms with E-state index in [0.717, 1.165) is 0 Å². The Morgan fingerprint density at radius 1 is 1.38 bits per heavy atom. The molecular formula is C19H26N4O3. The predicted octanol–water partition coefficient (Wildman–Crippen LogP) is 1.91. The lowest BCUT2D eigenvalue weighted by Gasteiger charge is -2.16. The molecule has 1 saturated heterocycles. The minimum atomic E-state index is -0.223. The van der Waals surface area contributed by atoms with Crippen molar-refractivity contribution in [3.63, 3.8) is 0 Å². The molecule has 1 aliphatic rings. The SMILES string of the molecule is COC(C)c1noc(CCC(=O)N2C[C@@H](CN)[C@H](c3ccccc3)C2)n1. The van der Waals surface area contributed by atoms with Crippen molar-refractivity contribution in [1.82, 2.24) is 15.0 Å². The summed E-state index contributed by atoms with van der Waals surface area (Å²) in [5.74, 6) is 1.65. The number of aromatic nitrogens is 2. The van der Waals surface area contributed by atoms with E-state index in [0.29, 0.717) is 56.0 Å². The van der Waals surface area contributed by atoms with Crippen molar-refractivity contribution in [1.29, 1.82) is 0 Å². The summed E-state index contributed by atoms with van der Waals surface area (Å²) in [6.45, 7) is 3.83. The molecule has 140 valence electrons. The van der Waals surface area contributed by atoms with Crippen LogP contribution < -0.4 is 5.73 Å². The molecule has 3 atom stereocenters. The number of hydrogen-bond donors (Lipinski definition) is 1. The zero-order valence-corrected chi connectivity index (χ0v) is 15.3. The minimum Gasteiger partial charge on any atom is -0.374 e. The number of rotatable bonds is 7. The van der Waals surface area contributed by atoms with Gasteiger partial charge in [-0.15, -0.1) is 0 Å². The van der Waals surface area contributed by atoms with Gasteiger partial charge in [0.25, 0.3) is 0 Å². The van der Waals surface area contributed by atoms with E-state index in [4.69, 9.17) is 15.0 Å². The normalized spacial score (nSPS) is 21.1. The lowest BCUT2D eigenvalue weighted by molar-refractivity contribution is -0.130. The fraction of sp³-hybridized carbons (Fsp3) is 0.526. The quantitative estimate of drug-likeness (QED) is 0.812. The number of hydrogen-bond acceptors (Lipinski definition) is 6. The lowest BCUT2D eigenvalue weighted by atomic mass is 9.89. The second-order valence-electron chi connectivity index (χ2n) is 6.74. The van der Waals surface area contributed by atoms with Crippen LogP contribution in [0.5, 0.6) is 0 Å². The van der Waals surface area contributed by atoms with E-state index in [9.17, 15) is 4.79 Å². The van der Waals surface area contributed by atoms with Gasteiger partial charge in [-0.25, -0.2) is 0 Å². The van der Waals surface area contributed by atoms with Crippen LogP contribution in [0.25, 0.3) is 0 Å². The van der Waals surface area contributed by atoms with Crippen molar-refractivity contribution in [3.8, 4) is 0 Å². The Balaban J connectivity index is 1.57. The van der Waals surface area contributed by atoms with Crippen LogP contribution in [-0.4, -0.2) is 47.7 Å². The maximum absolute atomic E-state index is 12.6. The van der Waals surface area contributed by atoms with Gasteiger partial charge < -0.3 is 19.9 Å². The average Bonchev–Trinajstić information content (AvgIpc) is 3.33. The molecule has 0 radical (unpaired) electrons. The van der Waals surface area contributed by atoms with Gasteiger partial charge in [0.2, 0.25) is 11.8 Å². The number of methoxy groups -OCH3 is 1. The summed E-state index contributed by atoms with van der Waals surface area (Å²) >= 11 is 0. The molecule has 1 aromatic heterocycles. The predicted molar refractivity (Wildman–Crippen MR) is 96.4 cm³/mol. The monoisotopic (exact) mass is 358 g/mol. The Kier molecular flexibility index (Phi) is 6.00. The molecule has 1 fully saturated rings. The van der Waals surface area contributed by atoms with Gasteiger partial charge in [-0.05, 0) is 24.9 Å². The largest absolute Gasteiger partial charge is 0.374 e. The third-order valence-electron chi connectivity index (χ3n) is 5.08. The zero-order chi connectivity index (χ0) is 18.5. The van der Waals surface area contributed by atoms with E-state index in [1.807, 2.05) is 30.0 Å². The molecule has 7 nitrogen and oxygen atoms in total. The Morgan fingerprint density at radius 2 is 2.15 bits per heavy atom. The third-order valence-corrected chi connectivity index (χ3v) is 5.08. The molecule has 1 aliphatic heterocycles. The molecule has 0 saturated carbocycles. The third kappa shape index (κ3) is 4.11. The van der Waals surface area contributed by atoms with E-state index in [1.165, 1.54) is 5.56 Å². The summed E-state index contributed by atoms with van der Waals surface area (Å²) in [7, 11) is 1.59. The molecule has 3 rings (SSSR count). The fourth-order valence-electron chi connectivity index (χ4n) is 3.40. The first-order valence-corrected chi connectivity index (χ1v) is 9.00. The van der Waals surface area contributed by atoms with Gasteiger partial charge >= 0.3 is 0 Å². The molecule has 1 unspecified atom stereocenters. The minimum absolute atomic E-state index is 0.0985. The molecule has 0 spiro atoms. The summed E-state index contributed by atoms with van der Waals surface area (Å²) in [5.41, 5.74) is 7.19. The second kappa shape index (κ2) is 8.42. The number of carbonyl (C=O) groups excluding carboxylic acids is 1. The molecule has 26 heavy (non-hydrogen) atoms. The second-order valence-corrected chi connectivity index (χ2v) is 6.74. The van der Waals surface area contributed by atoms with Gasteiger partial charge in [0.05, 0.1) is 0 Å². The number of nitrogens with two attached hydrogens (primary N) is 1. The van der Waals surface area contributed by atoms with Crippen molar-refractivity contribution < 1.29 is 14.1 Å². The molecule has 7 heteroatoms.